The molecule has 2 amide bonds. The number of anilines is 3. The second kappa shape index (κ2) is 10.3. The second-order valence-corrected chi connectivity index (χ2v) is 10.3. The molecule has 11 heteroatoms. The number of hydrogen-bond acceptors (Lipinski definition) is 6. The van der Waals surface area contributed by atoms with Gasteiger partial charge in [0.2, 0.25) is 5.95 Å². The summed E-state index contributed by atoms with van der Waals surface area (Å²) in [6.07, 6.45) is 1.61. The summed E-state index contributed by atoms with van der Waals surface area (Å²) in [6.45, 7) is 6.08. The van der Waals surface area contributed by atoms with E-state index in [2.05, 4.69) is 31.0 Å². The van der Waals surface area contributed by atoms with Crippen molar-refractivity contribution in [2.24, 2.45) is 7.05 Å². The van der Waals surface area contributed by atoms with Crippen molar-refractivity contribution in [1.82, 2.24) is 24.3 Å². The van der Waals surface area contributed by atoms with E-state index in [-0.39, 0.29) is 16.7 Å². The van der Waals surface area contributed by atoms with Crippen LogP contribution in [0.4, 0.5) is 26.6 Å². The Labute approximate surface area is 229 Å². The molecule has 204 valence electrons. The first-order chi connectivity index (χ1) is 19.0. The molecule has 0 radical (unpaired) electrons. The molecule has 0 atom stereocenters. The number of carbonyl (C=O) groups excluding carboxylic acids is 1. The molecule has 5 rings (SSSR count). The summed E-state index contributed by atoms with van der Waals surface area (Å²) < 4.78 is 17.9. The van der Waals surface area contributed by atoms with Gasteiger partial charge in [0.15, 0.2) is 0 Å². The van der Waals surface area contributed by atoms with Crippen molar-refractivity contribution in [1.29, 1.82) is 0 Å². The fourth-order valence-electron chi connectivity index (χ4n) is 4.24. The Morgan fingerprint density at radius 1 is 1.00 bits per heavy atom. The van der Waals surface area contributed by atoms with Crippen LogP contribution < -0.4 is 21.5 Å². The van der Waals surface area contributed by atoms with Gasteiger partial charge in [0.1, 0.15) is 17.3 Å². The smallest absolute Gasteiger partial charge is 0.324 e. The molecule has 10 nitrogen and oxygen atoms in total. The quantitative estimate of drug-likeness (QED) is 0.278. The van der Waals surface area contributed by atoms with Crippen LogP contribution in [-0.4, -0.2) is 37.4 Å². The van der Waals surface area contributed by atoms with Crippen LogP contribution in [0.15, 0.2) is 71.7 Å². The van der Waals surface area contributed by atoms with E-state index >= 15 is 0 Å². The monoisotopic (exact) mass is 540 g/mol. The number of nitrogens with zero attached hydrogens (tertiary/aromatic N) is 5. The number of halogens is 1. The van der Waals surface area contributed by atoms with Crippen LogP contribution in [-0.2, 0) is 12.5 Å². The molecule has 0 fully saturated rings. The molecule has 0 saturated heterocycles. The number of carbonyl (C=O) groups is 1. The first kappa shape index (κ1) is 26.5. The molecule has 3 aromatic heterocycles. The molecular formula is C29H29FN8O2. The highest BCUT2D eigenvalue weighted by Crippen LogP contribution is 2.28. The third-order valence-corrected chi connectivity index (χ3v) is 6.42. The minimum Gasteiger partial charge on any atom is -0.357 e. The number of nitrogens with one attached hydrogen (secondary N) is 3. The Hall–Kier alpha value is -5.06. The van der Waals surface area contributed by atoms with Crippen LogP contribution in [0.1, 0.15) is 26.5 Å². The Kier molecular flexibility index (Phi) is 6.80. The summed E-state index contributed by atoms with van der Waals surface area (Å²) in [4.78, 5) is 34.8. The molecule has 0 saturated carbocycles. The van der Waals surface area contributed by atoms with Gasteiger partial charge in [0.25, 0.3) is 5.56 Å². The molecule has 0 unspecified atom stereocenters. The van der Waals surface area contributed by atoms with Crippen molar-refractivity contribution < 1.29 is 9.18 Å². The van der Waals surface area contributed by atoms with Crippen molar-refractivity contribution in [3.8, 4) is 16.8 Å². The lowest BCUT2D eigenvalue weighted by Gasteiger charge is -2.14. The highest BCUT2D eigenvalue weighted by Gasteiger charge is 2.22. The topological polar surface area (TPSA) is 119 Å². The summed E-state index contributed by atoms with van der Waals surface area (Å²) in [7, 11) is 3.30. The van der Waals surface area contributed by atoms with Gasteiger partial charge < -0.3 is 10.6 Å². The van der Waals surface area contributed by atoms with Crippen molar-refractivity contribution in [2.45, 2.75) is 26.2 Å². The van der Waals surface area contributed by atoms with E-state index < -0.39 is 11.8 Å². The lowest BCUT2D eigenvalue weighted by molar-refractivity contribution is 0.262. The predicted molar refractivity (Wildman–Crippen MR) is 155 cm³/mol. The highest BCUT2D eigenvalue weighted by molar-refractivity contribution is 6.00. The number of benzene rings is 2. The largest absolute Gasteiger partial charge is 0.357 e. The fourth-order valence-corrected chi connectivity index (χ4v) is 4.24. The normalized spacial score (nSPS) is 11.4. The first-order valence-electron chi connectivity index (χ1n) is 12.6. The number of aromatic nitrogens is 5. The maximum Gasteiger partial charge on any atom is 0.324 e. The number of pyridine rings is 1. The SMILES string of the molecule is CNc1ncc2cc(-c3ccc(F)c(NC(=O)Nc4cc(C(C)(C)C)nn4-c4ccccc4)c3)c(=O)n(C)c2n1. The Morgan fingerprint density at radius 2 is 1.75 bits per heavy atom. The van der Waals surface area contributed by atoms with Gasteiger partial charge in [0.05, 0.1) is 17.1 Å². The number of aryl methyl sites for hydroxylation is 1. The average Bonchev–Trinajstić information content (AvgIpc) is 3.36. The van der Waals surface area contributed by atoms with Crippen LogP contribution >= 0.6 is 0 Å². The molecule has 0 aliphatic rings. The molecule has 3 N–H and O–H groups in total. The minimum absolute atomic E-state index is 0.0826. The summed E-state index contributed by atoms with van der Waals surface area (Å²) in [5.41, 5.74) is 2.07. The summed E-state index contributed by atoms with van der Waals surface area (Å²) in [5, 5.41) is 13.5. The molecule has 0 aliphatic heterocycles. The van der Waals surface area contributed by atoms with E-state index in [0.29, 0.717) is 33.9 Å². The van der Waals surface area contributed by atoms with Crippen LogP contribution in [0.3, 0.4) is 0 Å². The number of urea groups is 1. The van der Waals surface area contributed by atoms with Crippen molar-refractivity contribution in [2.75, 3.05) is 23.0 Å². The minimum atomic E-state index is -0.659. The van der Waals surface area contributed by atoms with Crippen LogP contribution in [0, 0.1) is 5.82 Å². The molecule has 0 aliphatic carbocycles. The van der Waals surface area contributed by atoms with Gasteiger partial charge in [-0.2, -0.15) is 10.1 Å². The van der Waals surface area contributed by atoms with E-state index in [4.69, 9.17) is 0 Å². The number of hydrogen-bond donors (Lipinski definition) is 3. The van der Waals surface area contributed by atoms with E-state index in [1.807, 2.05) is 51.1 Å². The summed E-state index contributed by atoms with van der Waals surface area (Å²) >= 11 is 0. The van der Waals surface area contributed by atoms with Crippen molar-refractivity contribution in [3.05, 3.63) is 88.7 Å². The standard InChI is InChI=1S/C29H29FN8O2/c1-29(2,3)23-15-24(38(36-23)19-9-7-6-8-10-19)34-28(40)33-22-14-17(11-12-21(22)30)20-13-18-16-32-27(31-4)35-25(18)37(5)26(20)39/h6-16H,1-5H3,(H,31,32,35)(H2,33,34,40). The second-order valence-electron chi connectivity index (χ2n) is 10.3. The van der Waals surface area contributed by atoms with Gasteiger partial charge in [-0.3, -0.25) is 14.7 Å². The summed E-state index contributed by atoms with van der Waals surface area (Å²) in [6, 6.07) is 16.3. The van der Waals surface area contributed by atoms with Crippen LogP contribution in [0.2, 0.25) is 0 Å². The summed E-state index contributed by atoms with van der Waals surface area (Å²) in [5.74, 6) is 0.165. The molecule has 0 bridgehead atoms. The van der Waals surface area contributed by atoms with Crippen molar-refractivity contribution in [3.63, 3.8) is 0 Å². The maximum absolute atomic E-state index is 14.8. The zero-order valence-electron chi connectivity index (χ0n) is 22.8. The van der Waals surface area contributed by atoms with Gasteiger partial charge in [0, 0.05) is 42.7 Å². The van der Waals surface area contributed by atoms with E-state index in [9.17, 15) is 14.0 Å². The maximum atomic E-state index is 14.8. The zero-order chi connectivity index (χ0) is 28.6. The lowest BCUT2D eigenvalue weighted by atomic mass is 9.92. The number of para-hydroxylation sites is 1. The Bertz CT molecular complexity index is 1790. The highest BCUT2D eigenvalue weighted by atomic mass is 19.1. The number of rotatable bonds is 5. The Balaban J connectivity index is 1.46. The molecule has 40 heavy (non-hydrogen) atoms. The van der Waals surface area contributed by atoms with Gasteiger partial charge in [-0.15, -0.1) is 0 Å². The number of amides is 2. The third kappa shape index (κ3) is 5.13. The lowest BCUT2D eigenvalue weighted by Crippen LogP contribution is -2.22. The Morgan fingerprint density at radius 3 is 2.45 bits per heavy atom. The van der Waals surface area contributed by atoms with Gasteiger partial charge in [-0.25, -0.2) is 18.9 Å². The van der Waals surface area contributed by atoms with E-state index in [1.54, 1.807) is 37.1 Å². The van der Waals surface area contributed by atoms with E-state index in [1.165, 1.54) is 22.8 Å². The van der Waals surface area contributed by atoms with E-state index in [0.717, 1.165) is 11.4 Å². The third-order valence-electron chi connectivity index (χ3n) is 6.42. The molecule has 2 aromatic carbocycles. The zero-order valence-corrected chi connectivity index (χ0v) is 22.8. The van der Waals surface area contributed by atoms with Crippen LogP contribution in [0.5, 0.6) is 0 Å². The predicted octanol–water partition coefficient (Wildman–Crippen LogP) is 5.30. The van der Waals surface area contributed by atoms with Gasteiger partial charge >= 0.3 is 6.03 Å². The average molecular weight is 541 g/mol. The number of fused-ring (bicyclic) bond motifs is 1. The molecular weight excluding hydrogens is 511 g/mol. The first-order valence-corrected chi connectivity index (χ1v) is 12.6. The van der Waals surface area contributed by atoms with Gasteiger partial charge in [-0.1, -0.05) is 45.0 Å². The molecule has 5 aromatic rings. The molecule has 0 spiro atoms. The fraction of sp³-hybridized carbons (Fsp3) is 0.207. The van der Waals surface area contributed by atoms with Gasteiger partial charge in [-0.05, 0) is 35.9 Å². The molecule has 3 heterocycles. The van der Waals surface area contributed by atoms with Crippen LogP contribution in [0.25, 0.3) is 27.8 Å². The van der Waals surface area contributed by atoms with Crippen molar-refractivity contribution >= 4 is 34.5 Å².